The van der Waals surface area contributed by atoms with Gasteiger partial charge in [-0.05, 0) is 19.8 Å². The SMILES string of the molecule is COC1(C)CCCN(C(=O)CS)C1. The van der Waals surface area contributed by atoms with Crippen LogP contribution in [-0.2, 0) is 9.53 Å². The summed E-state index contributed by atoms with van der Waals surface area (Å²) in [5.41, 5.74) is -0.156. The summed E-state index contributed by atoms with van der Waals surface area (Å²) in [4.78, 5) is 13.2. The number of carbonyl (C=O) groups is 1. The highest BCUT2D eigenvalue weighted by Gasteiger charge is 2.32. The second-order valence-corrected chi connectivity index (χ2v) is 4.05. The Balaban J connectivity index is 2.56. The van der Waals surface area contributed by atoms with Crippen LogP contribution in [0.2, 0.25) is 0 Å². The first-order chi connectivity index (χ1) is 6.11. The summed E-state index contributed by atoms with van der Waals surface area (Å²) in [5, 5.41) is 0. The number of likely N-dealkylation sites (tertiary alicyclic amines) is 1. The van der Waals surface area contributed by atoms with E-state index in [0.717, 1.165) is 19.4 Å². The van der Waals surface area contributed by atoms with Gasteiger partial charge in [0.2, 0.25) is 5.91 Å². The smallest absolute Gasteiger partial charge is 0.232 e. The summed E-state index contributed by atoms with van der Waals surface area (Å²) in [6, 6.07) is 0. The summed E-state index contributed by atoms with van der Waals surface area (Å²) in [5.74, 6) is 0.395. The lowest BCUT2D eigenvalue weighted by molar-refractivity contribution is -0.136. The first kappa shape index (κ1) is 10.9. The molecule has 0 aromatic carbocycles. The number of hydrogen-bond donors (Lipinski definition) is 1. The molecule has 0 aromatic heterocycles. The van der Waals surface area contributed by atoms with Crippen molar-refractivity contribution in [1.29, 1.82) is 0 Å². The summed E-state index contributed by atoms with van der Waals surface area (Å²) in [7, 11) is 1.70. The molecule has 3 nitrogen and oxygen atoms in total. The zero-order valence-corrected chi connectivity index (χ0v) is 9.14. The first-order valence-electron chi connectivity index (χ1n) is 4.55. The van der Waals surface area contributed by atoms with Gasteiger partial charge in [0.25, 0.3) is 0 Å². The van der Waals surface area contributed by atoms with Gasteiger partial charge in [0, 0.05) is 20.2 Å². The van der Waals surface area contributed by atoms with Gasteiger partial charge in [-0.2, -0.15) is 12.6 Å². The van der Waals surface area contributed by atoms with E-state index in [2.05, 4.69) is 12.6 Å². The molecule has 1 unspecified atom stereocenters. The van der Waals surface area contributed by atoms with Gasteiger partial charge in [-0.3, -0.25) is 4.79 Å². The highest BCUT2D eigenvalue weighted by Crippen LogP contribution is 2.23. The highest BCUT2D eigenvalue weighted by atomic mass is 32.1. The maximum absolute atomic E-state index is 11.4. The minimum absolute atomic E-state index is 0.103. The second kappa shape index (κ2) is 4.33. The Bertz CT molecular complexity index is 198. The minimum atomic E-state index is -0.156. The maximum atomic E-state index is 11.4. The van der Waals surface area contributed by atoms with Crippen molar-refractivity contribution in [2.75, 3.05) is 26.0 Å². The quantitative estimate of drug-likeness (QED) is 0.677. The number of rotatable bonds is 2. The van der Waals surface area contributed by atoms with Crippen LogP contribution in [0.15, 0.2) is 0 Å². The molecule has 1 rings (SSSR count). The summed E-state index contributed by atoms with van der Waals surface area (Å²) in [6.07, 6.45) is 2.05. The third kappa shape index (κ3) is 2.61. The molecule has 0 aliphatic carbocycles. The predicted molar refractivity (Wildman–Crippen MR) is 55.1 cm³/mol. The molecule has 1 amide bonds. The second-order valence-electron chi connectivity index (χ2n) is 3.73. The summed E-state index contributed by atoms with van der Waals surface area (Å²) < 4.78 is 5.38. The van der Waals surface area contributed by atoms with Crippen molar-refractivity contribution in [3.05, 3.63) is 0 Å². The normalized spacial score (nSPS) is 29.0. The van der Waals surface area contributed by atoms with Gasteiger partial charge in [-0.25, -0.2) is 0 Å². The average Bonchev–Trinajstić information content (AvgIpc) is 2.17. The van der Waals surface area contributed by atoms with E-state index in [0.29, 0.717) is 12.3 Å². The zero-order valence-electron chi connectivity index (χ0n) is 8.25. The molecule has 0 aromatic rings. The fourth-order valence-electron chi connectivity index (χ4n) is 1.69. The van der Waals surface area contributed by atoms with Crippen LogP contribution in [0.4, 0.5) is 0 Å². The number of nitrogens with zero attached hydrogens (tertiary/aromatic N) is 1. The molecule has 0 saturated carbocycles. The van der Waals surface area contributed by atoms with E-state index in [-0.39, 0.29) is 11.5 Å². The van der Waals surface area contributed by atoms with Crippen molar-refractivity contribution >= 4 is 18.5 Å². The van der Waals surface area contributed by atoms with Crippen molar-refractivity contribution in [3.8, 4) is 0 Å². The molecule has 76 valence electrons. The molecule has 1 fully saturated rings. The Morgan fingerprint density at radius 3 is 2.92 bits per heavy atom. The van der Waals surface area contributed by atoms with Gasteiger partial charge in [-0.15, -0.1) is 0 Å². The van der Waals surface area contributed by atoms with Crippen LogP contribution in [0.25, 0.3) is 0 Å². The Morgan fingerprint density at radius 1 is 1.69 bits per heavy atom. The van der Waals surface area contributed by atoms with E-state index in [9.17, 15) is 4.79 Å². The number of methoxy groups -OCH3 is 1. The van der Waals surface area contributed by atoms with Crippen molar-refractivity contribution in [3.63, 3.8) is 0 Å². The molecule has 1 atom stereocenters. The third-order valence-corrected chi connectivity index (χ3v) is 2.91. The van der Waals surface area contributed by atoms with Gasteiger partial charge in [-0.1, -0.05) is 0 Å². The van der Waals surface area contributed by atoms with Crippen LogP contribution >= 0.6 is 12.6 Å². The molecule has 0 radical (unpaired) electrons. The third-order valence-electron chi connectivity index (χ3n) is 2.64. The molecule has 13 heavy (non-hydrogen) atoms. The number of hydrogen-bond acceptors (Lipinski definition) is 3. The number of piperidine rings is 1. The van der Waals surface area contributed by atoms with Crippen molar-refractivity contribution in [1.82, 2.24) is 4.90 Å². The van der Waals surface area contributed by atoms with Crippen LogP contribution < -0.4 is 0 Å². The molecular weight excluding hydrogens is 186 g/mol. The average molecular weight is 203 g/mol. The molecule has 1 aliphatic heterocycles. The molecule has 0 spiro atoms. The lowest BCUT2D eigenvalue weighted by atomic mass is 9.95. The molecular formula is C9H17NO2S. The molecule has 1 heterocycles. The Morgan fingerprint density at radius 2 is 2.38 bits per heavy atom. The van der Waals surface area contributed by atoms with E-state index in [4.69, 9.17) is 4.74 Å². The van der Waals surface area contributed by atoms with Gasteiger partial charge in [0.15, 0.2) is 0 Å². The number of ether oxygens (including phenoxy) is 1. The lowest BCUT2D eigenvalue weighted by Crippen LogP contribution is -2.50. The number of carbonyl (C=O) groups excluding carboxylic acids is 1. The van der Waals surface area contributed by atoms with Crippen LogP contribution in [0.3, 0.4) is 0 Å². The van der Waals surface area contributed by atoms with E-state index < -0.39 is 0 Å². The minimum Gasteiger partial charge on any atom is -0.377 e. The summed E-state index contributed by atoms with van der Waals surface area (Å²) in [6.45, 7) is 3.59. The van der Waals surface area contributed by atoms with Gasteiger partial charge in [0.05, 0.1) is 11.4 Å². The Labute approximate surface area is 84.8 Å². The maximum Gasteiger partial charge on any atom is 0.232 e. The van der Waals surface area contributed by atoms with Gasteiger partial charge < -0.3 is 9.64 Å². The van der Waals surface area contributed by atoms with Crippen molar-refractivity contribution < 1.29 is 9.53 Å². The molecule has 0 N–H and O–H groups in total. The standard InChI is InChI=1S/C9H17NO2S/c1-9(12-2)4-3-5-10(7-9)8(11)6-13/h13H,3-7H2,1-2H3. The van der Waals surface area contributed by atoms with Crippen molar-refractivity contribution in [2.24, 2.45) is 0 Å². The highest BCUT2D eigenvalue weighted by molar-refractivity contribution is 7.81. The first-order valence-corrected chi connectivity index (χ1v) is 5.18. The van der Waals surface area contributed by atoms with Crippen LogP contribution in [0, 0.1) is 0 Å². The topological polar surface area (TPSA) is 29.5 Å². The van der Waals surface area contributed by atoms with E-state index in [1.165, 1.54) is 0 Å². The fraction of sp³-hybridized carbons (Fsp3) is 0.889. The summed E-state index contributed by atoms with van der Waals surface area (Å²) >= 11 is 3.98. The Hall–Kier alpha value is -0.220. The molecule has 1 aliphatic rings. The lowest BCUT2D eigenvalue weighted by Gasteiger charge is -2.39. The fourth-order valence-corrected chi connectivity index (χ4v) is 1.89. The van der Waals surface area contributed by atoms with E-state index in [1.54, 1.807) is 7.11 Å². The molecule has 1 saturated heterocycles. The van der Waals surface area contributed by atoms with Gasteiger partial charge in [0.1, 0.15) is 0 Å². The molecule has 4 heteroatoms. The number of amides is 1. The van der Waals surface area contributed by atoms with E-state index in [1.807, 2.05) is 11.8 Å². The zero-order chi connectivity index (χ0) is 9.90. The predicted octanol–water partition coefficient (Wildman–Crippen LogP) is 0.944. The van der Waals surface area contributed by atoms with Crippen molar-refractivity contribution in [2.45, 2.75) is 25.4 Å². The van der Waals surface area contributed by atoms with Crippen LogP contribution in [0.5, 0.6) is 0 Å². The van der Waals surface area contributed by atoms with E-state index >= 15 is 0 Å². The number of thiol groups is 1. The molecule has 0 bridgehead atoms. The van der Waals surface area contributed by atoms with Crippen LogP contribution in [-0.4, -0.2) is 42.4 Å². The largest absolute Gasteiger partial charge is 0.377 e. The van der Waals surface area contributed by atoms with Gasteiger partial charge >= 0.3 is 0 Å². The monoisotopic (exact) mass is 203 g/mol. The Kier molecular flexibility index (Phi) is 3.62. The van der Waals surface area contributed by atoms with Crippen LogP contribution in [0.1, 0.15) is 19.8 Å².